The Morgan fingerprint density at radius 1 is 1.56 bits per heavy atom. The molecule has 1 atom stereocenters. The average Bonchev–Trinajstić information content (AvgIpc) is 2.26. The second-order valence-electron chi connectivity index (χ2n) is 3.45. The van der Waals surface area contributed by atoms with Crippen LogP contribution in [0.1, 0.15) is 12.0 Å². The normalized spacial score (nSPS) is 12.9. The fourth-order valence-electron chi connectivity index (χ4n) is 1.12. The van der Waals surface area contributed by atoms with Gasteiger partial charge in [0.2, 0.25) is 0 Å². The number of aliphatic hydroxyl groups excluding tert-OH is 1. The van der Waals surface area contributed by atoms with Crippen LogP contribution in [-0.4, -0.2) is 22.7 Å². The summed E-state index contributed by atoms with van der Waals surface area (Å²) in [4.78, 5) is 3.52. The van der Waals surface area contributed by atoms with Crippen molar-refractivity contribution in [3.05, 3.63) is 22.8 Å². The zero-order valence-electron chi connectivity index (χ0n) is 9.00. The number of aliphatic hydroxyl groups is 1. The van der Waals surface area contributed by atoms with Gasteiger partial charge in [0.25, 0.3) is 0 Å². The third-order valence-corrected chi connectivity index (χ3v) is 2.29. The number of hydrogen-bond donors (Lipinski definition) is 2. The van der Waals surface area contributed by atoms with Crippen molar-refractivity contribution < 1.29 is 18.3 Å². The molecule has 98 valence electrons. The number of anilines is 1. The molecule has 0 aliphatic carbocycles. The molecule has 1 unspecified atom stereocenters. The third kappa shape index (κ3) is 4.05. The lowest BCUT2D eigenvalue weighted by molar-refractivity contribution is -0.137. The number of pyridine rings is 1. The van der Waals surface area contributed by atoms with E-state index in [-0.39, 0.29) is 23.8 Å². The minimum Gasteiger partial charge on any atom is -0.390 e. The molecule has 0 aromatic carbocycles. The summed E-state index contributed by atoms with van der Waals surface area (Å²) in [6, 6.07) is 2.50. The van der Waals surface area contributed by atoms with Crippen LogP contribution in [0.2, 0.25) is 5.02 Å². The Kier molecular flexibility index (Phi) is 4.76. The highest BCUT2D eigenvalue weighted by Crippen LogP contribution is 2.32. The molecule has 0 bridgehead atoms. The quantitative estimate of drug-likeness (QED) is 0.888. The minimum atomic E-state index is -4.50. The molecule has 0 amide bonds. The summed E-state index contributed by atoms with van der Waals surface area (Å²) in [7, 11) is 0. The molecule has 0 spiro atoms. The van der Waals surface area contributed by atoms with Gasteiger partial charge in [0.15, 0.2) is 0 Å². The lowest BCUT2D eigenvalue weighted by Gasteiger charge is -2.12. The van der Waals surface area contributed by atoms with Crippen molar-refractivity contribution in [2.45, 2.75) is 18.7 Å². The van der Waals surface area contributed by atoms with Crippen LogP contribution < -0.4 is 5.32 Å². The van der Waals surface area contributed by atoms with Crippen molar-refractivity contribution in [2.24, 2.45) is 0 Å². The Morgan fingerprint density at radius 2 is 2.22 bits per heavy atom. The second kappa shape index (κ2) is 5.89. The fourth-order valence-corrected chi connectivity index (χ4v) is 1.35. The van der Waals surface area contributed by atoms with Crippen LogP contribution in [0.15, 0.2) is 12.3 Å². The predicted octanol–water partition coefficient (Wildman–Crippen LogP) is 2.44. The first-order valence-corrected chi connectivity index (χ1v) is 5.24. The highest BCUT2D eigenvalue weighted by Gasteiger charge is 2.31. The van der Waals surface area contributed by atoms with Crippen LogP contribution in [0.25, 0.3) is 0 Å². The van der Waals surface area contributed by atoms with E-state index in [9.17, 15) is 18.3 Å². The Labute approximate surface area is 106 Å². The van der Waals surface area contributed by atoms with Crippen molar-refractivity contribution in [3.8, 4) is 6.07 Å². The first-order valence-electron chi connectivity index (χ1n) is 4.86. The van der Waals surface area contributed by atoms with Gasteiger partial charge >= 0.3 is 6.18 Å². The molecule has 0 fully saturated rings. The van der Waals surface area contributed by atoms with E-state index in [1.165, 1.54) is 0 Å². The van der Waals surface area contributed by atoms with Gasteiger partial charge in [-0.2, -0.15) is 18.4 Å². The summed E-state index contributed by atoms with van der Waals surface area (Å²) in [5, 5.41) is 19.9. The van der Waals surface area contributed by atoms with Crippen molar-refractivity contribution in [3.63, 3.8) is 0 Å². The lowest BCUT2D eigenvalue weighted by atomic mass is 10.2. The number of nitrogens with zero attached hydrogens (tertiary/aromatic N) is 2. The molecule has 0 aliphatic rings. The van der Waals surface area contributed by atoms with E-state index in [0.29, 0.717) is 6.20 Å². The van der Waals surface area contributed by atoms with Crippen molar-refractivity contribution in [2.75, 3.05) is 11.9 Å². The van der Waals surface area contributed by atoms with Crippen LogP contribution in [0.4, 0.5) is 19.0 Å². The number of alkyl halides is 3. The number of rotatable bonds is 4. The highest BCUT2D eigenvalue weighted by atomic mass is 35.5. The van der Waals surface area contributed by atoms with Crippen molar-refractivity contribution in [1.29, 1.82) is 5.26 Å². The summed E-state index contributed by atoms with van der Waals surface area (Å²) in [5.74, 6) is 0.0293. The molecule has 2 N–H and O–H groups in total. The van der Waals surface area contributed by atoms with E-state index in [1.807, 2.05) is 0 Å². The molecule has 1 heterocycles. The summed E-state index contributed by atoms with van der Waals surface area (Å²) in [6.45, 7) is -0.0222. The molecule has 0 aliphatic heterocycles. The zero-order chi connectivity index (χ0) is 13.8. The smallest absolute Gasteiger partial charge is 0.390 e. The SMILES string of the molecule is N#CCC(O)CNc1ncc(C(F)(F)F)cc1Cl. The monoisotopic (exact) mass is 279 g/mol. The maximum absolute atomic E-state index is 12.3. The van der Waals surface area contributed by atoms with Crippen molar-refractivity contribution >= 4 is 17.4 Å². The molecular formula is C10H9ClF3N3O. The fraction of sp³-hybridized carbons (Fsp3) is 0.400. The molecule has 8 heteroatoms. The number of halogens is 4. The Morgan fingerprint density at radius 3 is 2.72 bits per heavy atom. The predicted molar refractivity (Wildman–Crippen MR) is 59.0 cm³/mol. The second-order valence-corrected chi connectivity index (χ2v) is 3.86. The standard InChI is InChI=1S/C10H9ClF3N3O/c11-8-3-6(10(12,13)14)4-16-9(8)17-5-7(18)1-2-15/h3-4,7,18H,1,5H2,(H,16,17). The van der Waals surface area contributed by atoms with E-state index < -0.39 is 17.8 Å². The molecule has 18 heavy (non-hydrogen) atoms. The molecule has 1 aromatic heterocycles. The van der Waals surface area contributed by atoms with Crippen LogP contribution >= 0.6 is 11.6 Å². The van der Waals surface area contributed by atoms with Gasteiger partial charge in [-0.1, -0.05) is 11.6 Å². The number of nitrogens with one attached hydrogen (secondary N) is 1. The Balaban J connectivity index is 2.72. The van der Waals surface area contributed by atoms with Gasteiger partial charge in [-0.25, -0.2) is 4.98 Å². The molecule has 0 saturated carbocycles. The average molecular weight is 280 g/mol. The van der Waals surface area contributed by atoms with Crippen LogP contribution in [0.3, 0.4) is 0 Å². The van der Waals surface area contributed by atoms with E-state index in [1.54, 1.807) is 6.07 Å². The van der Waals surface area contributed by atoms with Gasteiger partial charge in [-0.05, 0) is 6.07 Å². The van der Waals surface area contributed by atoms with E-state index in [0.717, 1.165) is 6.07 Å². The van der Waals surface area contributed by atoms with Gasteiger partial charge in [0, 0.05) is 12.7 Å². The van der Waals surface area contributed by atoms with Gasteiger partial charge < -0.3 is 10.4 Å². The zero-order valence-corrected chi connectivity index (χ0v) is 9.76. The Bertz CT molecular complexity index is 459. The maximum Gasteiger partial charge on any atom is 0.417 e. The molecular weight excluding hydrogens is 271 g/mol. The molecule has 1 rings (SSSR count). The highest BCUT2D eigenvalue weighted by molar-refractivity contribution is 6.32. The number of nitriles is 1. The Hall–Kier alpha value is -1.52. The van der Waals surface area contributed by atoms with E-state index in [2.05, 4.69) is 10.3 Å². The van der Waals surface area contributed by atoms with E-state index in [4.69, 9.17) is 16.9 Å². The maximum atomic E-state index is 12.3. The van der Waals surface area contributed by atoms with Gasteiger partial charge in [0.1, 0.15) is 5.82 Å². The summed E-state index contributed by atoms with van der Waals surface area (Å²) < 4.78 is 37.0. The van der Waals surface area contributed by atoms with Crippen molar-refractivity contribution in [1.82, 2.24) is 4.98 Å². The van der Waals surface area contributed by atoms with E-state index >= 15 is 0 Å². The first-order chi connectivity index (χ1) is 8.34. The van der Waals surface area contributed by atoms with Gasteiger partial charge in [0.05, 0.1) is 29.2 Å². The number of hydrogen-bond acceptors (Lipinski definition) is 4. The summed E-state index contributed by atoms with van der Waals surface area (Å²) in [5.41, 5.74) is -0.948. The summed E-state index contributed by atoms with van der Waals surface area (Å²) in [6.07, 6.45) is -4.89. The first kappa shape index (κ1) is 14.5. The molecule has 4 nitrogen and oxygen atoms in total. The van der Waals surface area contributed by atoms with Crippen LogP contribution in [0, 0.1) is 11.3 Å². The molecule has 1 aromatic rings. The van der Waals surface area contributed by atoms with Crippen LogP contribution in [0.5, 0.6) is 0 Å². The third-order valence-electron chi connectivity index (χ3n) is 2.00. The van der Waals surface area contributed by atoms with Gasteiger partial charge in [-0.3, -0.25) is 0 Å². The molecule has 0 radical (unpaired) electrons. The largest absolute Gasteiger partial charge is 0.417 e. The molecule has 0 saturated heterocycles. The van der Waals surface area contributed by atoms with Crippen LogP contribution in [-0.2, 0) is 6.18 Å². The topological polar surface area (TPSA) is 68.9 Å². The minimum absolute atomic E-state index is 0.0222. The van der Waals surface area contributed by atoms with Gasteiger partial charge in [-0.15, -0.1) is 0 Å². The number of aromatic nitrogens is 1. The lowest BCUT2D eigenvalue weighted by Crippen LogP contribution is -2.19. The summed E-state index contributed by atoms with van der Waals surface area (Å²) >= 11 is 5.62.